The van der Waals surface area contributed by atoms with Crippen LogP contribution in [0.15, 0.2) is 30.3 Å². The maximum atomic E-state index is 10.2. The van der Waals surface area contributed by atoms with Crippen molar-refractivity contribution in [2.75, 3.05) is 0 Å². The first-order chi connectivity index (χ1) is 8.24. The molecule has 0 fully saturated rings. The van der Waals surface area contributed by atoms with Gasteiger partial charge in [0.2, 0.25) is 0 Å². The summed E-state index contributed by atoms with van der Waals surface area (Å²) in [5.74, 6) is 0.535. The van der Waals surface area contributed by atoms with Crippen LogP contribution in [0, 0.1) is 0 Å². The third kappa shape index (κ3) is 2.36. The highest BCUT2D eigenvalue weighted by Gasteiger charge is 2.08. The Bertz CT molecular complexity index is 518. The second-order valence-electron chi connectivity index (χ2n) is 4.40. The van der Waals surface area contributed by atoms with Crippen LogP contribution in [0.3, 0.4) is 0 Å². The van der Waals surface area contributed by atoms with E-state index < -0.39 is 0 Å². The zero-order valence-corrected chi connectivity index (χ0v) is 10.1. The average Bonchev–Trinajstić information content (AvgIpc) is 2.33. The zero-order valence-electron chi connectivity index (χ0n) is 10.1. The molecule has 0 bridgehead atoms. The lowest BCUT2D eigenvalue weighted by Gasteiger charge is -2.08. The van der Waals surface area contributed by atoms with Gasteiger partial charge in [0.15, 0.2) is 0 Å². The molecule has 0 atom stereocenters. The van der Waals surface area contributed by atoms with Crippen molar-refractivity contribution < 1.29 is 10.2 Å². The summed E-state index contributed by atoms with van der Waals surface area (Å²) in [5.41, 5.74) is 0.969. The zero-order chi connectivity index (χ0) is 12.3. The number of aryl methyl sites for hydroxylation is 1. The lowest BCUT2D eigenvalue weighted by molar-refractivity contribution is 0.469. The van der Waals surface area contributed by atoms with Gasteiger partial charge in [-0.3, -0.25) is 0 Å². The molecular formula is C15H18O2. The predicted octanol–water partition coefficient (Wildman–Crippen LogP) is 3.98. The van der Waals surface area contributed by atoms with Crippen LogP contribution in [0.5, 0.6) is 11.5 Å². The fourth-order valence-corrected chi connectivity index (χ4v) is 2.14. The SMILES string of the molecule is CCCCCc1ccc2c(O)cccc2c1O. The molecule has 0 heterocycles. The van der Waals surface area contributed by atoms with Crippen LogP contribution >= 0.6 is 0 Å². The number of phenolic OH excluding ortho intramolecular Hbond substituents is 2. The fourth-order valence-electron chi connectivity index (χ4n) is 2.14. The van der Waals surface area contributed by atoms with Crippen LogP contribution < -0.4 is 0 Å². The lowest BCUT2D eigenvalue weighted by Crippen LogP contribution is -1.88. The van der Waals surface area contributed by atoms with Gasteiger partial charge < -0.3 is 10.2 Å². The molecule has 17 heavy (non-hydrogen) atoms. The molecule has 0 amide bonds. The van der Waals surface area contributed by atoms with Gasteiger partial charge in [-0.25, -0.2) is 0 Å². The summed E-state index contributed by atoms with van der Waals surface area (Å²) in [6.07, 6.45) is 4.34. The summed E-state index contributed by atoms with van der Waals surface area (Å²) in [5, 5.41) is 21.3. The minimum atomic E-state index is 0.220. The Balaban J connectivity index is 2.37. The first-order valence-electron chi connectivity index (χ1n) is 6.16. The molecule has 0 aliphatic rings. The van der Waals surface area contributed by atoms with E-state index in [0.717, 1.165) is 23.8 Å². The molecular weight excluding hydrogens is 212 g/mol. The van der Waals surface area contributed by atoms with Gasteiger partial charge in [0, 0.05) is 10.8 Å². The number of phenols is 2. The third-order valence-electron chi connectivity index (χ3n) is 3.14. The Morgan fingerprint density at radius 1 is 0.941 bits per heavy atom. The molecule has 0 radical (unpaired) electrons. The van der Waals surface area contributed by atoms with E-state index in [2.05, 4.69) is 6.92 Å². The van der Waals surface area contributed by atoms with Crippen molar-refractivity contribution >= 4 is 10.8 Å². The molecule has 0 aromatic heterocycles. The van der Waals surface area contributed by atoms with Crippen molar-refractivity contribution in [1.82, 2.24) is 0 Å². The summed E-state index contributed by atoms with van der Waals surface area (Å²) >= 11 is 0. The number of rotatable bonds is 4. The van der Waals surface area contributed by atoms with Gasteiger partial charge in [-0.05, 0) is 24.5 Å². The van der Waals surface area contributed by atoms with Crippen LogP contribution in [0.1, 0.15) is 31.7 Å². The summed E-state index contributed by atoms with van der Waals surface area (Å²) in [7, 11) is 0. The van der Waals surface area contributed by atoms with E-state index in [1.165, 1.54) is 12.8 Å². The summed E-state index contributed by atoms with van der Waals surface area (Å²) < 4.78 is 0. The van der Waals surface area contributed by atoms with Gasteiger partial charge in [0.1, 0.15) is 11.5 Å². The van der Waals surface area contributed by atoms with Crippen molar-refractivity contribution in [3.05, 3.63) is 35.9 Å². The minimum absolute atomic E-state index is 0.220. The van der Waals surface area contributed by atoms with Crippen LogP contribution in [0.4, 0.5) is 0 Å². The smallest absolute Gasteiger partial charge is 0.126 e. The monoisotopic (exact) mass is 230 g/mol. The molecule has 0 saturated heterocycles. The van der Waals surface area contributed by atoms with Crippen LogP contribution in [0.25, 0.3) is 10.8 Å². The van der Waals surface area contributed by atoms with Crippen LogP contribution in [-0.4, -0.2) is 10.2 Å². The quantitative estimate of drug-likeness (QED) is 0.780. The Hall–Kier alpha value is -1.70. The van der Waals surface area contributed by atoms with Gasteiger partial charge in [0.25, 0.3) is 0 Å². The molecule has 2 N–H and O–H groups in total. The molecule has 2 aromatic rings. The van der Waals surface area contributed by atoms with Crippen molar-refractivity contribution in [1.29, 1.82) is 0 Å². The Labute approximate surface area is 102 Å². The summed E-state index contributed by atoms with van der Waals surface area (Å²) in [6, 6.07) is 9.03. The maximum Gasteiger partial charge on any atom is 0.126 e. The highest BCUT2D eigenvalue weighted by Crippen LogP contribution is 2.34. The normalized spacial score (nSPS) is 10.9. The molecule has 0 aliphatic heterocycles. The largest absolute Gasteiger partial charge is 0.507 e. The molecule has 90 valence electrons. The fraction of sp³-hybridized carbons (Fsp3) is 0.333. The van der Waals surface area contributed by atoms with E-state index in [0.29, 0.717) is 11.1 Å². The van der Waals surface area contributed by atoms with Gasteiger partial charge in [-0.2, -0.15) is 0 Å². The van der Waals surface area contributed by atoms with Crippen LogP contribution in [-0.2, 0) is 6.42 Å². The van der Waals surface area contributed by atoms with Crippen LogP contribution in [0.2, 0.25) is 0 Å². The summed E-state index contributed by atoms with van der Waals surface area (Å²) in [6.45, 7) is 2.16. The first kappa shape index (κ1) is 11.8. The average molecular weight is 230 g/mol. The van der Waals surface area contributed by atoms with Gasteiger partial charge in [0.05, 0.1) is 0 Å². The van der Waals surface area contributed by atoms with Crippen molar-refractivity contribution in [3.8, 4) is 11.5 Å². The topological polar surface area (TPSA) is 40.5 Å². The highest BCUT2D eigenvalue weighted by atomic mass is 16.3. The molecule has 2 rings (SSSR count). The van der Waals surface area contributed by atoms with E-state index >= 15 is 0 Å². The van der Waals surface area contributed by atoms with Gasteiger partial charge in [-0.1, -0.05) is 44.0 Å². The number of fused-ring (bicyclic) bond motifs is 1. The second kappa shape index (κ2) is 5.09. The number of hydrogen-bond donors (Lipinski definition) is 2. The molecule has 2 nitrogen and oxygen atoms in total. The van der Waals surface area contributed by atoms with E-state index in [1.54, 1.807) is 12.1 Å². The van der Waals surface area contributed by atoms with E-state index in [1.807, 2.05) is 18.2 Å². The Morgan fingerprint density at radius 3 is 2.53 bits per heavy atom. The number of aromatic hydroxyl groups is 2. The Kier molecular flexibility index (Phi) is 3.52. The lowest BCUT2D eigenvalue weighted by atomic mass is 10.0. The summed E-state index contributed by atoms with van der Waals surface area (Å²) in [4.78, 5) is 0. The molecule has 0 unspecified atom stereocenters. The van der Waals surface area contributed by atoms with Gasteiger partial charge in [-0.15, -0.1) is 0 Å². The van der Waals surface area contributed by atoms with Crippen molar-refractivity contribution in [3.63, 3.8) is 0 Å². The minimum Gasteiger partial charge on any atom is -0.507 e. The van der Waals surface area contributed by atoms with Crippen molar-refractivity contribution in [2.45, 2.75) is 32.6 Å². The number of hydrogen-bond acceptors (Lipinski definition) is 2. The Morgan fingerprint density at radius 2 is 1.76 bits per heavy atom. The highest BCUT2D eigenvalue weighted by molar-refractivity contribution is 5.93. The van der Waals surface area contributed by atoms with Crippen molar-refractivity contribution in [2.24, 2.45) is 0 Å². The molecule has 0 aliphatic carbocycles. The molecule has 0 saturated carbocycles. The van der Waals surface area contributed by atoms with E-state index in [-0.39, 0.29) is 5.75 Å². The number of unbranched alkanes of at least 4 members (excludes halogenated alkanes) is 2. The molecule has 2 aromatic carbocycles. The number of benzene rings is 2. The first-order valence-corrected chi connectivity index (χ1v) is 6.16. The maximum absolute atomic E-state index is 10.2. The van der Waals surface area contributed by atoms with E-state index in [9.17, 15) is 10.2 Å². The molecule has 2 heteroatoms. The molecule has 0 spiro atoms. The standard InChI is InChI=1S/C15H18O2/c1-2-3-4-6-11-9-10-12-13(15(11)17)7-5-8-14(12)16/h5,7-10,16-17H,2-4,6H2,1H3. The van der Waals surface area contributed by atoms with E-state index in [4.69, 9.17) is 0 Å². The van der Waals surface area contributed by atoms with Gasteiger partial charge >= 0.3 is 0 Å². The second-order valence-corrected chi connectivity index (χ2v) is 4.40. The predicted molar refractivity (Wildman–Crippen MR) is 70.5 cm³/mol. The third-order valence-corrected chi connectivity index (χ3v) is 3.14.